The molecule has 3 heterocycles. The quantitative estimate of drug-likeness (QED) is 0.608. The molecule has 0 saturated carbocycles. The van der Waals surface area contributed by atoms with Crippen LogP contribution in [0.5, 0.6) is 0 Å². The van der Waals surface area contributed by atoms with Crippen molar-refractivity contribution in [1.29, 1.82) is 0 Å². The van der Waals surface area contributed by atoms with Gasteiger partial charge in [0.05, 0.1) is 11.3 Å². The fraction of sp³-hybridized carbons (Fsp3) is 0.400. The molecule has 1 atom stereocenters. The lowest BCUT2D eigenvalue weighted by atomic mass is 9.98. The first-order valence-corrected chi connectivity index (χ1v) is 10.9. The van der Waals surface area contributed by atoms with E-state index >= 15 is 0 Å². The predicted molar refractivity (Wildman–Crippen MR) is 122 cm³/mol. The summed E-state index contributed by atoms with van der Waals surface area (Å²) in [6, 6.07) is 10.6. The molecule has 1 aliphatic heterocycles. The summed E-state index contributed by atoms with van der Waals surface area (Å²) in [5.74, 6) is 0.0591. The van der Waals surface area contributed by atoms with E-state index in [4.69, 9.17) is 0 Å². The normalized spacial score (nSPS) is 16.7. The summed E-state index contributed by atoms with van der Waals surface area (Å²) < 4.78 is 0. The zero-order valence-electron chi connectivity index (χ0n) is 18.3. The molecule has 1 saturated heterocycles. The molecule has 1 aromatic carbocycles. The standard InChI is InChI=1S/C25H30N4O/c1-5-19-8-6-7-13-29(19)25(30)21-15-26-24-20(11-10-18(4)27-24)23(21)28-22-12-9-16(2)14-17(22)3/h9-12,14-15,19H,5-8,13H2,1-4H3,(H,26,27,28). The molecule has 156 valence electrons. The minimum Gasteiger partial charge on any atom is -0.354 e. The number of fused-ring (bicyclic) bond motifs is 1. The number of hydrogen-bond donors (Lipinski definition) is 1. The van der Waals surface area contributed by atoms with Gasteiger partial charge in [0, 0.05) is 35.6 Å². The van der Waals surface area contributed by atoms with E-state index in [1.165, 1.54) is 12.0 Å². The highest BCUT2D eigenvalue weighted by Gasteiger charge is 2.29. The Hall–Kier alpha value is -2.95. The van der Waals surface area contributed by atoms with Crippen molar-refractivity contribution in [3.8, 4) is 0 Å². The Bertz CT molecular complexity index is 1090. The summed E-state index contributed by atoms with van der Waals surface area (Å²) in [4.78, 5) is 24.8. The maximum atomic E-state index is 13.7. The second kappa shape index (κ2) is 8.42. The maximum Gasteiger partial charge on any atom is 0.257 e. The van der Waals surface area contributed by atoms with E-state index in [2.05, 4.69) is 54.3 Å². The van der Waals surface area contributed by atoms with Crippen molar-refractivity contribution in [3.05, 3.63) is 58.9 Å². The van der Waals surface area contributed by atoms with Gasteiger partial charge in [-0.3, -0.25) is 4.79 Å². The Balaban J connectivity index is 1.83. The number of aromatic nitrogens is 2. The summed E-state index contributed by atoms with van der Waals surface area (Å²) in [7, 11) is 0. The molecule has 4 rings (SSSR count). The molecule has 1 aliphatic rings. The Kier molecular flexibility index (Phi) is 5.71. The highest BCUT2D eigenvalue weighted by Crippen LogP contribution is 2.32. The third kappa shape index (κ3) is 3.89. The van der Waals surface area contributed by atoms with Crippen LogP contribution in [-0.2, 0) is 0 Å². The van der Waals surface area contributed by atoms with E-state index in [0.717, 1.165) is 53.8 Å². The van der Waals surface area contributed by atoms with Gasteiger partial charge < -0.3 is 10.2 Å². The number of nitrogens with zero attached hydrogens (tertiary/aromatic N) is 3. The van der Waals surface area contributed by atoms with Gasteiger partial charge in [-0.05, 0) is 70.2 Å². The highest BCUT2D eigenvalue weighted by molar-refractivity contribution is 6.07. The van der Waals surface area contributed by atoms with Crippen LogP contribution in [0.3, 0.4) is 0 Å². The molecule has 30 heavy (non-hydrogen) atoms. The van der Waals surface area contributed by atoms with Crippen LogP contribution < -0.4 is 5.32 Å². The first-order chi connectivity index (χ1) is 14.5. The van der Waals surface area contributed by atoms with Crippen molar-refractivity contribution in [1.82, 2.24) is 14.9 Å². The van der Waals surface area contributed by atoms with E-state index in [0.29, 0.717) is 17.3 Å². The van der Waals surface area contributed by atoms with Gasteiger partial charge in [-0.25, -0.2) is 9.97 Å². The molecule has 1 unspecified atom stereocenters. The number of rotatable bonds is 4. The number of hydrogen-bond acceptors (Lipinski definition) is 4. The Labute approximate surface area is 178 Å². The van der Waals surface area contributed by atoms with Crippen LogP contribution in [0.25, 0.3) is 11.0 Å². The van der Waals surface area contributed by atoms with Crippen LogP contribution in [0.2, 0.25) is 0 Å². The number of carbonyl (C=O) groups is 1. The molecule has 2 aromatic heterocycles. The highest BCUT2D eigenvalue weighted by atomic mass is 16.2. The zero-order valence-corrected chi connectivity index (χ0v) is 18.3. The van der Waals surface area contributed by atoms with Crippen LogP contribution >= 0.6 is 0 Å². The number of amides is 1. The third-order valence-electron chi connectivity index (χ3n) is 6.10. The van der Waals surface area contributed by atoms with Crippen LogP contribution in [0, 0.1) is 20.8 Å². The monoisotopic (exact) mass is 402 g/mol. The Morgan fingerprint density at radius 2 is 2.00 bits per heavy atom. The molecule has 0 bridgehead atoms. The number of carbonyl (C=O) groups excluding carboxylic acids is 1. The molecular weight excluding hydrogens is 372 g/mol. The fourth-order valence-electron chi connectivity index (χ4n) is 4.40. The number of anilines is 2. The number of piperidine rings is 1. The van der Waals surface area contributed by atoms with Gasteiger partial charge in [0.15, 0.2) is 5.65 Å². The number of aryl methyl sites for hydroxylation is 3. The smallest absolute Gasteiger partial charge is 0.257 e. The molecule has 5 nitrogen and oxygen atoms in total. The van der Waals surface area contributed by atoms with Crippen LogP contribution in [0.15, 0.2) is 36.5 Å². The van der Waals surface area contributed by atoms with E-state index in [-0.39, 0.29) is 5.91 Å². The molecule has 0 spiro atoms. The van der Waals surface area contributed by atoms with Gasteiger partial charge >= 0.3 is 0 Å². The lowest BCUT2D eigenvalue weighted by molar-refractivity contribution is 0.0609. The minimum atomic E-state index is 0.0591. The van der Waals surface area contributed by atoms with Crippen LogP contribution in [0.4, 0.5) is 11.4 Å². The van der Waals surface area contributed by atoms with E-state index in [1.807, 2.05) is 24.0 Å². The fourth-order valence-corrected chi connectivity index (χ4v) is 4.40. The number of likely N-dealkylation sites (tertiary alicyclic amines) is 1. The molecule has 1 N–H and O–H groups in total. The van der Waals surface area contributed by atoms with Crippen molar-refractivity contribution < 1.29 is 4.79 Å². The summed E-state index contributed by atoms with van der Waals surface area (Å²) >= 11 is 0. The van der Waals surface area contributed by atoms with Crippen LogP contribution in [-0.4, -0.2) is 33.4 Å². The lowest BCUT2D eigenvalue weighted by Gasteiger charge is -2.35. The second-order valence-electron chi connectivity index (χ2n) is 8.37. The molecule has 5 heteroatoms. The average molecular weight is 403 g/mol. The van der Waals surface area contributed by atoms with Gasteiger partial charge in [-0.1, -0.05) is 24.6 Å². The second-order valence-corrected chi connectivity index (χ2v) is 8.37. The SMILES string of the molecule is CCC1CCCCN1C(=O)c1cnc2nc(C)ccc2c1Nc1ccc(C)cc1C. The van der Waals surface area contributed by atoms with Gasteiger partial charge in [0.1, 0.15) is 0 Å². The van der Waals surface area contributed by atoms with Gasteiger partial charge in [0.2, 0.25) is 0 Å². The summed E-state index contributed by atoms with van der Waals surface area (Å²) in [6.07, 6.45) is 6.00. The number of benzene rings is 1. The van der Waals surface area contributed by atoms with Crippen molar-refractivity contribution in [2.75, 3.05) is 11.9 Å². The summed E-state index contributed by atoms with van der Waals surface area (Å²) in [6.45, 7) is 9.10. The zero-order chi connectivity index (χ0) is 21.3. The molecule has 0 aliphatic carbocycles. The molecule has 1 amide bonds. The van der Waals surface area contributed by atoms with Gasteiger partial charge in [-0.2, -0.15) is 0 Å². The molecule has 1 fully saturated rings. The molecule has 3 aromatic rings. The topological polar surface area (TPSA) is 58.1 Å². The van der Waals surface area contributed by atoms with Crippen molar-refractivity contribution in [2.45, 2.75) is 59.4 Å². The molecule has 0 radical (unpaired) electrons. The third-order valence-corrected chi connectivity index (χ3v) is 6.10. The maximum absolute atomic E-state index is 13.7. The lowest BCUT2D eigenvalue weighted by Crippen LogP contribution is -2.43. The summed E-state index contributed by atoms with van der Waals surface area (Å²) in [5, 5.41) is 4.43. The largest absolute Gasteiger partial charge is 0.354 e. The van der Waals surface area contributed by atoms with Crippen molar-refractivity contribution >= 4 is 28.3 Å². The first kappa shape index (κ1) is 20.3. The number of nitrogens with one attached hydrogen (secondary N) is 1. The average Bonchev–Trinajstić information content (AvgIpc) is 2.75. The minimum absolute atomic E-state index is 0.0591. The molecular formula is C25H30N4O. The van der Waals surface area contributed by atoms with Crippen molar-refractivity contribution in [2.24, 2.45) is 0 Å². The van der Waals surface area contributed by atoms with Gasteiger partial charge in [0.25, 0.3) is 5.91 Å². The Morgan fingerprint density at radius 3 is 2.77 bits per heavy atom. The van der Waals surface area contributed by atoms with E-state index in [1.54, 1.807) is 6.20 Å². The van der Waals surface area contributed by atoms with Crippen LogP contribution in [0.1, 0.15) is 59.8 Å². The number of pyridine rings is 2. The van der Waals surface area contributed by atoms with Gasteiger partial charge in [-0.15, -0.1) is 0 Å². The first-order valence-electron chi connectivity index (χ1n) is 10.9. The van der Waals surface area contributed by atoms with E-state index in [9.17, 15) is 4.79 Å². The van der Waals surface area contributed by atoms with Crippen molar-refractivity contribution in [3.63, 3.8) is 0 Å². The summed E-state index contributed by atoms with van der Waals surface area (Å²) in [5.41, 5.74) is 6.33. The van der Waals surface area contributed by atoms with E-state index < -0.39 is 0 Å². The predicted octanol–water partition coefficient (Wildman–Crippen LogP) is 5.70. The Morgan fingerprint density at radius 1 is 1.17 bits per heavy atom.